The van der Waals surface area contributed by atoms with Gasteiger partial charge in [-0.15, -0.1) is 0 Å². The lowest BCUT2D eigenvalue weighted by atomic mass is 9.79. The molecule has 3 atom stereocenters. The van der Waals surface area contributed by atoms with Crippen molar-refractivity contribution in [1.82, 2.24) is 9.88 Å². The average Bonchev–Trinajstić information content (AvgIpc) is 3.63. The quantitative estimate of drug-likeness (QED) is 0.140. The molecule has 3 unspecified atom stereocenters. The molecule has 3 N–H and O–H groups in total. The van der Waals surface area contributed by atoms with Crippen molar-refractivity contribution in [2.45, 2.75) is 63.6 Å². The van der Waals surface area contributed by atoms with E-state index >= 15 is 0 Å². The summed E-state index contributed by atoms with van der Waals surface area (Å²) >= 11 is 0. The maximum Gasteiger partial charge on any atom is 0.273 e. The molecule has 2 aromatic carbocycles. The number of aliphatic imine (C=N–C) groups is 1. The molecule has 1 aromatic heterocycles. The summed E-state index contributed by atoms with van der Waals surface area (Å²) in [6.45, 7) is 0.954. The lowest BCUT2D eigenvalue weighted by molar-refractivity contribution is -0.129. The summed E-state index contributed by atoms with van der Waals surface area (Å²) in [4.78, 5) is 50.1. The number of anilines is 2. The number of amidine groups is 1. The van der Waals surface area contributed by atoms with E-state index in [2.05, 4.69) is 20.6 Å². The fourth-order valence-corrected chi connectivity index (χ4v) is 6.63. The summed E-state index contributed by atoms with van der Waals surface area (Å²) in [7, 11) is 1.37. The van der Waals surface area contributed by atoms with Crippen molar-refractivity contribution in [3.8, 4) is 0 Å². The number of hydrogen-bond donors (Lipinski definition) is 3. The maximum atomic E-state index is 14.7. The molecule has 0 saturated carbocycles. The Kier molecular flexibility index (Phi) is 10.6. The van der Waals surface area contributed by atoms with Crippen LogP contribution in [0.1, 0.15) is 48.4 Å². The number of hydrogen-bond acceptors (Lipinski definition) is 8. The van der Waals surface area contributed by atoms with Gasteiger partial charge in [0.25, 0.3) is 12.3 Å². The van der Waals surface area contributed by atoms with E-state index in [-0.39, 0.29) is 43.1 Å². The monoisotopic (exact) mass is 696 g/mol. The lowest BCUT2D eigenvalue weighted by Gasteiger charge is -2.26. The molecule has 2 heterocycles. The number of allylic oxidation sites excluding steroid dienone is 3. The number of halogens is 2. The Hall–Kier alpha value is -5.40. The second kappa shape index (κ2) is 15.2. The van der Waals surface area contributed by atoms with E-state index in [1.54, 1.807) is 24.4 Å². The number of fused-ring (bicyclic) bond motifs is 3. The first-order chi connectivity index (χ1) is 24.6. The minimum absolute atomic E-state index is 0.0518. The first kappa shape index (κ1) is 35.4. The standard InChI is InChI=1S/C38H38F2N6O5/c1-23(43-37(50-2)51-22-24-8-4-3-5-9-24)35(48)46(33(41)25-10-6-11-28(39)18-29(40)16-25)21-32(47)44-30-14-13-26-19-38(20-27(26)17-30)31-12-7-15-42-34(31)45-36(38)49/h3-5,7-10,12-15,17-18,29,37,41H,6,11,16,19-22H2,1-2H3,(H,44,47)(H,42,45,49). The number of carbonyl (C=O) groups is 3. The van der Waals surface area contributed by atoms with Crippen LogP contribution in [-0.4, -0.2) is 65.4 Å². The predicted molar refractivity (Wildman–Crippen MR) is 188 cm³/mol. The number of ether oxygens (including phenoxy) is 2. The molecular weight excluding hydrogens is 658 g/mol. The molecule has 0 fully saturated rings. The van der Waals surface area contributed by atoms with Gasteiger partial charge >= 0.3 is 0 Å². The zero-order chi connectivity index (χ0) is 36.1. The highest BCUT2D eigenvalue weighted by atomic mass is 19.1. The maximum absolute atomic E-state index is 14.7. The fraction of sp³-hybridized carbons (Fsp3) is 0.316. The molecular formula is C38H38F2N6O5. The normalized spacial score (nSPS) is 20.3. The number of alkyl halides is 1. The zero-order valence-corrected chi connectivity index (χ0v) is 28.2. The van der Waals surface area contributed by atoms with Crippen LogP contribution < -0.4 is 10.6 Å². The van der Waals surface area contributed by atoms with Crippen LogP contribution in [0, 0.1) is 5.41 Å². The van der Waals surface area contributed by atoms with Gasteiger partial charge in [-0.25, -0.2) is 18.8 Å². The third kappa shape index (κ3) is 7.84. The van der Waals surface area contributed by atoms with E-state index in [1.165, 1.54) is 20.1 Å². The minimum atomic E-state index is -1.72. The Bertz CT molecular complexity index is 1950. The molecule has 0 radical (unpaired) electrons. The Morgan fingerprint density at radius 2 is 1.94 bits per heavy atom. The van der Waals surface area contributed by atoms with Gasteiger partial charge in [0.05, 0.1) is 17.8 Å². The summed E-state index contributed by atoms with van der Waals surface area (Å²) < 4.78 is 39.7. The molecule has 3 aliphatic rings. The number of nitrogens with zero attached hydrogens (tertiary/aromatic N) is 3. The topological polar surface area (TPSA) is 146 Å². The molecule has 51 heavy (non-hydrogen) atoms. The third-order valence-electron chi connectivity index (χ3n) is 9.18. The van der Waals surface area contributed by atoms with Crippen LogP contribution in [0.25, 0.3) is 0 Å². The van der Waals surface area contributed by atoms with Gasteiger partial charge in [-0.1, -0.05) is 48.5 Å². The smallest absolute Gasteiger partial charge is 0.273 e. The van der Waals surface area contributed by atoms with Gasteiger partial charge in [-0.3, -0.25) is 24.7 Å². The Labute approximate surface area is 294 Å². The molecule has 1 aliphatic heterocycles. The summed E-state index contributed by atoms with van der Waals surface area (Å²) in [5.41, 5.74) is 3.23. The van der Waals surface area contributed by atoms with E-state index in [0.29, 0.717) is 24.3 Å². The summed E-state index contributed by atoms with van der Waals surface area (Å²) in [5, 5.41) is 14.6. The lowest BCUT2D eigenvalue weighted by Crippen LogP contribution is -2.45. The van der Waals surface area contributed by atoms with E-state index in [0.717, 1.165) is 33.2 Å². The van der Waals surface area contributed by atoms with Crippen LogP contribution in [0.4, 0.5) is 20.3 Å². The zero-order valence-electron chi connectivity index (χ0n) is 28.2. The highest BCUT2D eigenvalue weighted by Crippen LogP contribution is 2.47. The Morgan fingerprint density at radius 3 is 2.73 bits per heavy atom. The van der Waals surface area contributed by atoms with Gasteiger partial charge in [-0.05, 0) is 72.7 Å². The Balaban J connectivity index is 1.20. The van der Waals surface area contributed by atoms with Crippen LogP contribution in [0.3, 0.4) is 0 Å². The van der Waals surface area contributed by atoms with Crippen LogP contribution in [0.5, 0.6) is 0 Å². The van der Waals surface area contributed by atoms with Gasteiger partial charge in [0.15, 0.2) is 0 Å². The van der Waals surface area contributed by atoms with Crippen LogP contribution in [0.2, 0.25) is 0 Å². The number of aromatic nitrogens is 1. The van der Waals surface area contributed by atoms with E-state index in [9.17, 15) is 23.2 Å². The third-order valence-corrected chi connectivity index (χ3v) is 9.18. The molecule has 6 rings (SSSR count). The van der Waals surface area contributed by atoms with Gasteiger partial charge in [0.1, 0.15) is 30.1 Å². The van der Waals surface area contributed by atoms with Crippen LogP contribution in [0.15, 0.2) is 95.4 Å². The average molecular weight is 697 g/mol. The molecule has 11 nitrogen and oxygen atoms in total. The van der Waals surface area contributed by atoms with E-state index in [1.807, 2.05) is 42.5 Å². The molecule has 2 aliphatic carbocycles. The van der Waals surface area contributed by atoms with Gasteiger partial charge < -0.3 is 20.1 Å². The van der Waals surface area contributed by atoms with Crippen molar-refractivity contribution in [3.05, 3.63) is 113 Å². The molecule has 0 saturated heterocycles. The van der Waals surface area contributed by atoms with Crippen molar-refractivity contribution < 1.29 is 32.6 Å². The van der Waals surface area contributed by atoms with Crippen LogP contribution >= 0.6 is 0 Å². The number of pyridine rings is 1. The SMILES string of the molecule is COC(N=C(C)C(=O)N(CC(=O)Nc1ccc2c(c1)CC1(C2)C(=O)Nc2ncccc21)C(=N)C1=CCCC(F)=CC(F)C1)OCc1ccccc1. The number of amides is 3. The van der Waals surface area contributed by atoms with Crippen molar-refractivity contribution in [2.24, 2.45) is 4.99 Å². The van der Waals surface area contributed by atoms with E-state index < -0.39 is 48.0 Å². The number of methoxy groups -OCH3 is 1. The second-order valence-corrected chi connectivity index (χ2v) is 12.7. The number of benzene rings is 2. The Morgan fingerprint density at radius 1 is 1.16 bits per heavy atom. The molecule has 264 valence electrons. The summed E-state index contributed by atoms with van der Waals surface area (Å²) in [6.07, 6.45) is 1.80. The number of carbonyl (C=O) groups excluding carboxylic acids is 3. The molecule has 1 spiro atoms. The van der Waals surface area contributed by atoms with E-state index in [4.69, 9.17) is 14.9 Å². The van der Waals surface area contributed by atoms with Gasteiger partial charge in [-0.2, -0.15) is 0 Å². The molecule has 3 aromatic rings. The molecule has 13 heteroatoms. The fourth-order valence-electron chi connectivity index (χ4n) is 6.63. The van der Waals surface area contributed by atoms with Crippen molar-refractivity contribution in [1.29, 1.82) is 5.41 Å². The number of rotatable bonds is 10. The summed E-state index contributed by atoms with van der Waals surface area (Å²) in [6, 6.07) is 18.4. The molecule has 0 bridgehead atoms. The number of nitrogens with one attached hydrogen (secondary N) is 3. The van der Waals surface area contributed by atoms with Gasteiger partial charge in [0.2, 0.25) is 11.8 Å². The highest BCUT2D eigenvalue weighted by molar-refractivity contribution is 6.41. The minimum Gasteiger partial charge on any atom is -0.337 e. The van der Waals surface area contributed by atoms with Gasteiger partial charge in [0, 0.05) is 37.4 Å². The summed E-state index contributed by atoms with van der Waals surface area (Å²) in [5.74, 6) is -1.99. The van der Waals surface area contributed by atoms with Crippen molar-refractivity contribution in [2.75, 3.05) is 24.3 Å². The first-order valence-corrected chi connectivity index (χ1v) is 16.6. The largest absolute Gasteiger partial charge is 0.337 e. The molecule has 3 amide bonds. The second-order valence-electron chi connectivity index (χ2n) is 12.7. The predicted octanol–water partition coefficient (Wildman–Crippen LogP) is 5.72. The van der Waals surface area contributed by atoms with Crippen LogP contribution in [-0.2, 0) is 48.7 Å². The van der Waals surface area contributed by atoms with Crippen molar-refractivity contribution in [3.63, 3.8) is 0 Å². The van der Waals surface area contributed by atoms with Crippen molar-refractivity contribution >= 4 is 40.8 Å². The first-order valence-electron chi connectivity index (χ1n) is 16.6. The highest BCUT2D eigenvalue weighted by Gasteiger charge is 2.51.